The highest BCUT2D eigenvalue weighted by Crippen LogP contribution is 2.28. The molecule has 7 heteroatoms. The van der Waals surface area contributed by atoms with Crippen LogP contribution in [0.2, 0.25) is 0 Å². The number of benzene rings is 2. The third-order valence-electron chi connectivity index (χ3n) is 5.16. The molecule has 32 heavy (non-hydrogen) atoms. The Bertz CT molecular complexity index is 1410. The third kappa shape index (κ3) is 3.65. The van der Waals surface area contributed by atoms with Crippen LogP contribution >= 0.6 is 0 Å². The van der Waals surface area contributed by atoms with E-state index in [4.69, 9.17) is 13.7 Å². The number of ether oxygens (including phenoxy) is 1. The lowest BCUT2D eigenvalue weighted by Gasteiger charge is -2.07. The fourth-order valence-corrected chi connectivity index (χ4v) is 3.49. The lowest BCUT2D eigenvalue weighted by molar-refractivity contribution is 0.0469. The van der Waals surface area contributed by atoms with E-state index < -0.39 is 5.97 Å². The Labute approximate surface area is 183 Å². The number of fused-ring (bicyclic) bond motifs is 1. The molecule has 0 radical (unpaired) electrons. The number of hydrogen-bond acceptors (Lipinski definition) is 7. The zero-order valence-corrected chi connectivity index (χ0v) is 17.5. The van der Waals surface area contributed by atoms with Crippen molar-refractivity contribution >= 4 is 17.1 Å². The first kappa shape index (κ1) is 19.7. The van der Waals surface area contributed by atoms with Gasteiger partial charge in [0.1, 0.15) is 18.1 Å². The first-order valence-electron chi connectivity index (χ1n) is 10.1. The molecule has 0 saturated carbocycles. The van der Waals surface area contributed by atoms with Gasteiger partial charge in [-0.2, -0.15) is 0 Å². The maximum absolute atomic E-state index is 13.1. The largest absolute Gasteiger partial charge is 0.455 e. The van der Waals surface area contributed by atoms with Gasteiger partial charge in [-0.15, -0.1) is 0 Å². The van der Waals surface area contributed by atoms with Crippen LogP contribution in [0.25, 0.3) is 33.8 Å². The summed E-state index contributed by atoms with van der Waals surface area (Å²) in [6.07, 6.45) is 0. The molecule has 5 aromatic rings. The first-order valence-corrected chi connectivity index (χ1v) is 10.1. The molecule has 0 fully saturated rings. The number of pyridine rings is 1. The van der Waals surface area contributed by atoms with Gasteiger partial charge in [-0.1, -0.05) is 53.7 Å². The highest BCUT2D eigenvalue weighted by molar-refractivity contribution is 6.04. The second-order valence-electron chi connectivity index (χ2n) is 7.33. The average Bonchev–Trinajstić information content (AvgIpc) is 3.40. The van der Waals surface area contributed by atoms with Crippen molar-refractivity contribution in [1.29, 1.82) is 0 Å². The van der Waals surface area contributed by atoms with Crippen LogP contribution in [0, 0.1) is 13.8 Å². The SMILES string of the molecule is Cc1oc(-c2ccccc2)nc1COC(=O)c1cc(-c2ccccc2)nc2onc(C)c12. The first-order chi connectivity index (χ1) is 15.6. The molecule has 158 valence electrons. The zero-order chi connectivity index (χ0) is 22.1. The fraction of sp³-hybridized carbons (Fsp3) is 0.120. The van der Waals surface area contributed by atoms with Crippen LogP contribution < -0.4 is 0 Å². The van der Waals surface area contributed by atoms with Crippen molar-refractivity contribution in [2.24, 2.45) is 0 Å². The van der Waals surface area contributed by atoms with Crippen molar-refractivity contribution in [3.63, 3.8) is 0 Å². The Balaban J connectivity index is 1.44. The van der Waals surface area contributed by atoms with Gasteiger partial charge in [-0.05, 0) is 32.0 Å². The standard InChI is InChI=1S/C25H19N3O4/c1-15-22-19(13-20(26-24(22)32-28-15)17-9-5-3-6-10-17)25(29)30-14-21-16(2)31-23(27-21)18-11-7-4-8-12-18/h3-13H,14H2,1-2H3. The van der Waals surface area contributed by atoms with E-state index in [0.717, 1.165) is 11.1 Å². The second kappa shape index (κ2) is 8.11. The molecule has 5 rings (SSSR count). The molecule has 0 unspecified atom stereocenters. The summed E-state index contributed by atoms with van der Waals surface area (Å²) in [6.45, 7) is 3.54. The van der Waals surface area contributed by atoms with Crippen molar-refractivity contribution in [3.8, 4) is 22.7 Å². The molecule has 0 spiro atoms. The predicted molar refractivity (Wildman–Crippen MR) is 118 cm³/mol. The number of carbonyl (C=O) groups is 1. The van der Waals surface area contributed by atoms with Gasteiger partial charge in [0.05, 0.1) is 22.3 Å². The van der Waals surface area contributed by atoms with E-state index in [1.54, 1.807) is 19.9 Å². The van der Waals surface area contributed by atoms with Gasteiger partial charge in [0, 0.05) is 11.1 Å². The summed E-state index contributed by atoms with van der Waals surface area (Å²) in [5.74, 6) is 0.578. The Kier molecular flexibility index (Phi) is 4.99. The minimum Gasteiger partial charge on any atom is -0.455 e. The van der Waals surface area contributed by atoms with Crippen molar-refractivity contribution < 1.29 is 18.5 Å². The van der Waals surface area contributed by atoms with Crippen molar-refractivity contribution in [3.05, 3.63) is 89.4 Å². The van der Waals surface area contributed by atoms with Crippen LogP contribution in [0.5, 0.6) is 0 Å². The van der Waals surface area contributed by atoms with E-state index in [9.17, 15) is 4.79 Å². The van der Waals surface area contributed by atoms with Gasteiger partial charge in [0.2, 0.25) is 5.89 Å². The molecular weight excluding hydrogens is 406 g/mol. The van der Waals surface area contributed by atoms with E-state index in [1.807, 2.05) is 60.7 Å². The topological polar surface area (TPSA) is 91.2 Å². The Hall–Kier alpha value is -4.26. The molecule has 2 aromatic carbocycles. The molecule has 0 aliphatic heterocycles. The summed E-state index contributed by atoms with van der Waals surface area (Å²) in [5, 5.41) is 4.51. The molecule has 0 bridgehead atoms. The molecule has 0 N–H and O–H groups in total. The highest BCUT2D eigenvalue weighted by atomic mass is 16.5. The second-order valence-corrected chi connectivity index (χ2v) is 7.33. The fourth-order valence-electron chi connectivity index (χ4n) is 3.49. The number of aryl methyl sites for hydroxylation is 2. The Morgan fingerprint density at radius 2 is 1.62 bits per heavy atom. The predicted octanol–water partition coefficient (Wildman–Crippen LogP) is 5.52. The number of rotatable bonds is 5. The maximum atomic E-state index is 13.1. The molecule has 0 aliphatic carbocycles. The van der Waals surface area contributed by atoms with Gasteiger partial charge in [-0.25, -0.2) is 14.8 Å². The molecule has 3 heterocycles. The quantitative estimate of drug-likeness (QED) is 0.342. The molecule has 0 atom stereocenters. The number of carbonyl (C=O) groups excluding carboxylic acids is 1. The summed E-state index contributed by atoms with van der Waals surface area (Å²) in [4.78, 5) is 22.1. The van der Waals surface area contributed by atoms with Crippen LogP contribution in [-0.2, 0) is 11.3 Å². The van der Waals surface area contributed by atoms with Crippen LogP contribution in [0.1, 0.15) is 27.5 Å². The van der Waals surface area contributed by atoms with E-state index in [1.165, 1.54) is 0 Å². The maximum Gasteiger partial charge on any atom is 0.339 e. The van der Waals surface area contributed by atoms with E-state index in [2.05, 4.69) is 15.1 Å². The number of oxazole rings is 1. The molecular formula is C25H19N3O4. The Morgan fingerprint density at radius 3 is 2.34 bits per heavy atom. The van der Waals surface area contributed by atoms with E-state index in [0.29, 0.717) is 45.4 Å². The molecule has 0 aliphatic rings. The van der Waals surface area contributed by atoms with Gasteiger partial charge in [0.25, 0.3) is 5.71 Å². The minimum absolute atomic E-state index is 0.0180. The molecule has 0 saturated heterocycles. The summed E-state index contributed by atoms with van der Waals surface area (Å²) < 4.78 is 16.7. The number of esters is 1. The normalized spacial score (nSPS) is 11.1. The smallest absolute Gasteiger partial charge is 0.339 e. The van der Waals surface area contributed by atoms with Gasteiger partial charge < -0.3 is 13.7 Å². The van der Waals surface area contributed by atoms with Crippen molar-refractivity contribution in [1.82, 2.24) is 15.1 Å². The summed E-state index contributed by atoms with van der Waals surface area (Å²) in [7, 11) is 0. The van der Waals surface area contributed by atoms with Crippen LogP contribution in [-0.4, -0.2) is 21.1 Å². The lowest BCUT2D eigenvalue weighted by atomic mass is 10.1. The number of hydrogen-bond donors (Lipinski definition) is 0. The van der Waals surface area contributed by atoms with Gasteiger partial charge >= 0.3 is 5.97 Å². The summed E-state index contributed by atoms with van der Waals surface area (Å²) in [6, 6.07) is 20.8. The molecule has 3 aromatic heterocycles. The molecule has 0 amide bonds. The van der Waals surface area contributed by atoms with Crippen LogP contribution in [0.3, 0.4) is 0 Å². The average molecular weight is 425 g/mol. The number of nitrogens with zero attached hydrogens (tertiary/aromatic N) is 3. The monoisotopic (exact) mass is 425 g/mol. The van der Waals surface area contributed by atoms with Gasteiger partial charge in [0.15, 0.2) is 0 Å². The van der Waals surface area contributed by atoms with Gasteiger partial charge in [-0.3, -0.25) is 0 Å². The van der Waals surface area contributed by atoms with Crippen LogP contribution in [0.15, 0.2) is 75.7 Å². The Morgan fingerprint density at radius 1 is 0.938 bits per heavy atom. The summed E-state index contributed by atoms with van der Waals surface area (Å²) >= 11 is 0. The van der Waals surface area contributed by atoms with Crippen LogP contribution in [0.4, 0.5) is 0 Å². The van der Waals surface area contributed by atoms with E-state index >= 15 is 0 Å². The highest BCUT2D eigenvalue weighted by Gasteiger charge is 2.21. The molecule has 7 nitrogen and oxygen atoms in total. The van der Waals surface area contributed by atoms with Crippen molar-refractivity contribution in [2.75, 3.05) is 0 Å². The zero-order valence-electron chi connectivity index (χ0n) is 17.5. The number of aromatic nitrogens is 3. The summed E-state index contributed by atoms with van der Waals surface area (Å²) in [5.41, 5.74) is 4.09. The third-order valence-corrected chi connectivity index (χ3v) is 5.16. The lowest BCUT2D eigenvalue weighted by Crippen LogP contribution is -2.08. The minimum atomic E-state index is -0.510. The van der Waals surface area contributed by atoms with E-state index in [-0.39, 0.29) is 6.61 Å². The van der Waals surface area contributed by atoms with Crippen molar-refractivity contribution in [2.45, 2.75) is 20.5 Å².